The summed E-state index contributed by atoms with van der Waals surface area (Å²) in [5.41, 5.74) is 1.10. The molecule has 1 saturated heterocycles. The van der Waals surface area contributed by atoms with Gasteiger partial charge in [-0.25, -0.2) is 0 Å². The Kier molecular flexibility index (Phi) is 4.42. The Balaban J connectivity index is 2.06. The largest absolute Gasteiger partial charge is 0.344 e. The van der Waals surface area contributed by atoms with Crippen molar-refractivity contribution in [3.63, 3.8) is 0 Å². The van der Waals surface area contributed by atoms with Crippen molar-refractivity contribution in [2.45, 2.75) is 45.2 Å². The second-order valence-corrected chi connectivity index (χ2v) is 5.39. The molecule has 0 spiro atoms. The van der Waals surface area contributed by atoms with Crippen molar-refractivity contribution >= 4 is 11.8 Å². The molecule has 2 unspecified atom stereocenters. The van der Waals surface area contributed by atoms with E-state index in [1.54, 1.807) is 4.68 Å². The zero-order valence-electron chi connectivity index (χ0n) is 12.3. The number of hydrogen-bond donors (Lipinski definition) is 1. The molecule has 1 aliphatic heterocycles. The first-order valence-electron chi connectivity index (χ1n) is 7.08. The topological polar surface area (TPSA) is 67.2 Å². The zero-order chi connectivity index (χ0) is 14.7. The van der Waals surface area contributed by atoms with E-state index in [0.29, 0.717) is 19.4 Å². The summed E-state index contributed by atoms with van der Waals surface area (Å²) in [6.45, 7) is 4.47. The molecular weight excluding hydrogens is 256 g/mol. The molecule has 6 nitrogen and oxygen atoms in total. The molecular formula is C14H22N4O2. The Hall–Kier alpha value is -1.85. The van der Waals surface area contributed by atoms with Crippen molar-refractivity contribution < 1.29 is 9.59 Å². The first-order chi connectivity index (χ1) is 9.51. The zero-order valence-corrected chi connectivity index (χ0v) is 12.3. The van der Waals surface area contributed by atoms with Gasteiger partial charge in [-0.2, -0.15) is 5.10 Å². The van der Waals surface area contributed by atoms with Gasteiger partial charge in [-0.3, -0.25) is 14.3 Å². The molecule has 20 heavy (non-hydrogen) atoms. The van der Waals surface area contributed by atoms with Crippen LogP contribution in [0.1, 0.15) is 32.3 Å². The highest BCUT2D eigenvalue weighted by Gasteiger charge is 2.32. The summed E-state index contributed by atoms with van der Waals surface area (Å²) in [7, 11) is 1.87. The lowest BCUT2D eigenvalue weighted by atomic mass is 10.1. The van der Waals surface area contributed by atoms with Crippen LogP contribution in [0.3, 0.4) is 0 Å². The van der Waals surface area contributed by atoms with Crippen molar-refractivity contribution in [1.29, 1.82) is 0 Å². The Morgan fingerprint density at radius 1 is 1.45 bits per heavy atom. The number of aromatic nitrogens is 2. The van der Waals surface area contributed by atoms with Gasteiger partial charge in [0.15, 0.2) is 0 Å². The van der Waals surface area contributed by atoms with Gasteiger partial charge in [-0.05, 0) is 25.3 Å². The number of nitrogens with zero attached hydrogens (tertiary/aromatic N) is 3. The summed E-state index contributed by atoms with van der Waals surface area (Å²) in [5, 5.41) is 6.92. The maximum absolute atomic E-state index is 12.4. The Morgan fingerprint density at radius 3 is 2.80 bits per heavy atom. The average Bonchev–Trinajstić information content (AvgIpc) is 2.77. The molecule has 6 heteroatoms. The molecule has 1 N–H and O–H groups in total. The van der Waals surface area contributed by atoms with E-state index in [1.165, 1.54) is 0 Å². The smallest absolute Gasteiger partial charge is 0.245 e. The lowest BCUT2D eigenvalue weighted by molar-refractivity contribution is -0.134. The van der Waals surface area contributed by atoms with Crippen molar-refractivity contribution in [1.82, 2.24) is 20.0 Å². The average molecular weight is 278 g/mol. The lowest BCUT2D eigenvalue weighted by Gasteiger charge is -2.28. The number of carbonyl (C=O) groups is 2. The van der Waals surface area contributed by atoms with Crippen LogP contribution in [0.2, 0.25) is 0 Å². The molecule has 1 aliphatic rings. The number of carbonyl (C=O) groups excluding carboxylic acids is 2. The van der Waals surface area contributed by atoms with Gasteiger partial charge in [0, 0.05) is 32.3 Å². The van der Waals surface area contributed by atoms with Crippen LogP contribution in [0.5, 0.6) is 0 Å². The molecule has 0 bridgehead atoms. The van der Waals surface area contributed by atoms with Crippen molar-refractivity contribution in [2.24, 2.45) is 7.05 Å². The SMILES string of the molecule is CCC1NC(=O)CC(C)N(CCc2cnn(C)c2)C1=O. The predicted molar refractivity (Wildman–Crippen MR) is 74.9 cm³/mol. The molecule has 2 atom stereocenters. The van der Waals surface area contributed by atoms with E-state index in [4.69, 9.17) is 0 Å². The standard InChI is InChI=1S/C14H22N4O2/c1-4-12-14(20)18(10(2)7-13(19)16-12)6-5-11-8-15-17(3)9-11/h8-10,12H,4-7H2,1-3H3,(H,16,19). The Labute approximate surface area is 119 Å². The fourth-order valence-electron chi connectivity index (χ4n) is 2.57. The van der Waals surface area contributed by atoms with Crippen molar-refractivity contribution in [3.8, 4) is 0 Å². The van der Waals surface area contributed by atoms with Crippen LogP contribution in [-0.2, 0) is 23.1 Å². The molecule has 2 rings (SSSR count). The van der Waals surface area contributed by atoms with Gasteiger partial charge in [0.1, 0.15) is 6.04 Å². The summed E-state index contributed by atoms with van der Waals surface area (Å²) >= 11 is 0. The molecule has 0 aliphatic carbocycles. The van der Waals surface area contributed by atoms with E-state index in [1.807, 2.05) is 38.2 Å². The molecule has 0 aromatic carbocycles. The number of amides is 2. The van der Waals surface area contributed by atoms with Crippen molar-refractivity contribution in [3.05, 3.63) is 18.0 Å². The second kappa shape index (κ2) is 6.07. The number of rotatable bonds is 4. The van der Waals surface area contributed by atoms with E-state index in [0.717, 1.165) is 12.0 Å². The number of aryl methyl sites for hydroxylation is 1. The van der Waals surface area contributed by atoms with E-state index >= 15 is 0 Å². The van der Waals surface area contributed by atoms with Crippen LogP contribution in [0.4, 0.5) is 0 Å². The molecule has 1 fully saturated rings. The van der Waals surface area contributed by atoms with Gasteiger partial charge in [0.05, 0.1) is 6.20 Å². The van der Waals surface area contributed by atoms with Crippen LogP contribution in [-0.4, -0.2) is 45.1 Å². The summed E-state index contributed by atoms with van der Waals surface area (Å²) in [4.78, 5) is 26.0. The third kappa shape index (κ3) is 3.18. The number of nitrogens with one attached hydrogen (secondary N) is 1. The van der Waals surface area contributed by atoms with Crippen LogP contribution in [0.15, 0.2) is 12.4 Å². The third-order valence-electron chi connectivity index (χ3n) is 3.74. The molecule has 0 saturated carbocycles. The summed E-state index contributed by atoms with van der Waals surface area (Å²) in [5.74, 6) is -0.0173. The normalized spacial score (nSPS) is 23.6. The summed E-state index contributed by atoms with van der Waals surface area (Å²) in [6.07, 6.45) is 5.52. The van der Waals surface area contributed by atoms with E-state index in [9.17, 15) is 9.59 Å². The Bertz CT molecular complexity index is 497. The van der Waals surface area contributed by atoms with Gasteiger partial charge in [-0.1, -0.05) is 6.92 Å². The fraction of sp³-hybridized carbons (Fsp3) is 0.643. The second-order valence-electron chi connectivity index (χ2n) is 5.39. The highest BCUT2D eigenvalue weighted by molar-refractivity contribution is 5.90. The monoisotopic (exact) mass is 278 g/mol. The minimum absolute atomic E-state index is 0.0229. The molecule has 2 heterocycles. The summed E-state index contributed by atoms with van der Waals surface area (Å²) in [6, 6.07) is -0.447. The van der Waals surface area contributed by atoms with Gasteiger partial charge >= 0.3 is 0 Å². The molecule has 1 aromatic rings. The first-order valence-corrected chi connectivity index (χ1v) is 7.08. The van der Waals surface area contributed by atoms with Crippen LogP contribution < -0.4 is 5.32 Å². The molecule has 2 amide bonds. The molecule has 0 radical (unpaired) electrons. The van der Waals surface area contributed by atoms with Gasteiger partial charge in [0.2, 0.25) is 11.8 Å². The predicted octanol–water partition coefficient (Wildman–Crippen LogP) is 0.478. The van der Waals surface area contributed by atoms with Gasteiger partial charge in [0.25, 0.3) is 0 Å². The number of hydrogen-bond acceptors (Lipinski definition) is 3. The summed E-state index contributed by atoms with van der Waals surface area (Å²) < 4.78 is 1.75. The maximum Gasteiger partial charge on any atom is 0.245 e. The van der Waals surface area contributed by atoms with Crippen LogP contribution >= 0.6 is 0 Å². The van der Waals surface area contributed by atoms with Gasteiger partial charge in [-0.15, -0.1) is 0 Å². The van der Waals surface area contributed by atoms with E-state index < -0.39 is 0 Å². The maximum atomic E-state index is 12.4. The fourth-order valence-corrected chi connectivity index (χ4v) is 2.57. The molecule has 1 aromatic heterocycles. The highest BCUT2D eigenvalue weighted by Crippen LogP contribution is 2.14. The van der Waals surface area contributed by atoms with E-state index in [2.05, 4.69) is 10.4 Å². The quantitative estimate of drug-likeness (QED) is 0.871. The van der Waals surface area contributed by atoms with E-state index in [-0.39, 0.29) is 23.9 Å². The van der Waals surface area contributed by atoms with Crippen LogP contribution in [0.25, 0.3) is 0 Å². The highest BCUT2D eigenvalue weighted by atomic mass is 16.2. The van der Waals surface area contributed by atoms with Gasteiger partial charge < -0.3 is 10.2 Å². The Morgan fingerprint density at radius 2 is 2.20 bits per heavy atom. The van der Waals surface area contributed by atoms with Crippen molar-refractivity contribution in [2.75, 3.05) is 6.54 Å². The molecule has 110 valence electrons. The third-order valence-corrected chi connectivity index (χ3v) is 3.74. The lowest BCUT2D eigenvalue weighted by Crippen LogP contribution is -2.46. The van der Waals surface area contributed by atoms with Crippen LogP contribution in [0, 0.1) is 0 Å². The minimum Gasteiger partial charge on any atom is -0.344 e. The first kappa shape index (κ1) is 14.6. The minimum atomic E-state index is -0.388.